The van der Waals surface area contributed by atoms with E-state index in [2.05, 4.69) is 26.0 Å². The van der Waals surface area contributed by atoms with Gasteiger partial charge in [0.25, 0.3) is 5.69 Å². The van der Waals surface area contributed by atoms with Crippen molar-refractivity contribution in [1.29, 1.82) is 0 Å². The summed E-state index contributed by atoms with van der Waals surface area (Å²) in [6.07, 6.45) is -4.60. The lowest BCUT2D eigenvalue weighted by Crippen LogP contribution is -2.07. The lowest BCUT2D eigenvalue weighted by atomic mass is 10.1. The van der Waals surface area contributed by atoms with Gasteiger partial charge in [-0.15, -0.1) is 11.3 Å². The largest absolute Gasteiger partial charge is 0.435 e. The number of thiazole rings is 1. The van der Waals surface area contributed by atoms with Crippen LogP contribution in [0.1, 0.15) is 5.69 Å². The van der Waals surface area contributed by atoms with Crippen LogP contribution < -0.4 is 0 Å². The summed E-state index contributed by atoms with van der Waals surface area (Å²) in [6.45, 7) is 0. The molecule has 0 fully saturated rings. The number of nitro groups is 1. The van der Waals surface area contributed by atoms with Crippen LogP contribution in [-0.2, 0) is 6.18 Å². The van der Waals surface area contributed by atoms with Crippen LogP contribution in [0.5, 0.6) is 0 Å². The zero-order chi connectivity index (χ0) is 21.5. The number of rotatable bonds is 4. The van der Waals surface area contributed by atoms with Crippen LogP contribution in [0.2, 0.25) is 0 Å². The Kier molecular flexibility index (Phi) is 5.16. The fourth-order valence-corrected chi connectivity index (χ4v) is 3.80. The highest BCUT2D eigenvalue weighted by atomic mass is 79.9. The van der Waals surface area contributed by atoms with Crippen LogP contribution in [0.15, 0.2) is 64.5 Å². The van der Waals surface area contributed by atoms with Crippen LogP contribution in [0.3, 0.4) is 0 Å². The number of non-ortho nitro benzene ring substituents is 1. The van der Waals surface area contributed by atoms with Gasteiger partial charge in [-0.1, -0.05) is 28.1 Å². The van der Waals surface area contributed by atoms with Gasteiger partial charge in [0, 0.05) is 33.1 Å². The van der Waals surface area contributed by atoms with Crippen molar-refractivity contribution >= 4 is 33.0 Å². The predicted octanol–water partition coefficient (Wildman–Crippen LogP) is 6.35. The lowest BCUT2D eigenvalue weighted by molar-refractivity contribution is -0.384. The molecule has 2 aromatic heterocycles. The first-order valence-corrected chi connectivity index (χ1v) is 10.0. The van der Waals surface area contributed by atoms with E-state index in [1.54, 1.807) is 29.6 Å². The van der Waals surface area contributed by atoms with Crippen LogP contribution in [0, 0.1) is 10.1 Å². The lowest BCUT2D eigenvalue weighted by Gasteiger charge is -2.04. The summed E-state index contributed by atoms with van der Waals surface area (Å²) in [5.41, 5.74) is 0.807. The highest BCUT2D eigenvalue weighted by molar-refractivity contribution is 9.10. The molecule has 0 atom stereocenters. The highest BCUT2D eigenvalue weighted by Crippen LogP contribution is 2.35. The fourth-order valence-electron chi connectivity index (χ4n) is 2.74. The van der Waals surface area contributed by atoms with Crippen LogP contribution in [0.25, 0.3) is 27.6 Å². The number of nitro benzene ring substituents is 1. The number of hydrogen-bond donors (Lipinski definition) is 0. The van der Waals surface area contributed by atoms with E-state index >= 15 is 0 Å². The van der Waals surface area contributed by atoms with Crippen molar-refractivity contribution in [2.24, 2.45) is 0 Å². The molecule has 0 aliphatic rings. The summed E-state index contributed by atoms with van der Waals surface area (Å²) in [5, 5.41) is 16.4. The second kappa shape index (κ2) is 7.65. The topological polar surface area (TPSA) is 73.8 Å². The van der Waals surface area contributed by atoms with Crippen LogP contribution >= 0.6 is 27.3 Å². The number of hydrogen-bond acceptors (Lipinski definition) is 5. The quantitative estimate of drug-likeness (QED) is 0.244. The second-order valence-electron chi connectivity index (χ2n) is 6.15. The number of halogens is 4. The minimum absolute atomic E-state index is 0.0615. The summed E-state index contributed by atoms with van der Waals surface area (Å²) in [7, 11) is 0. The van der Waals surface area contributed by atoms with E-state index in [1.165, 1.54) is 24.3 Å². The molecule has 152 valence electrons. The summed E-state index contributed by atoms with van der Waals surface area (Å²) in [5.74, 6) is 0. The molecule has 2 aromatic carbocycles. The third kappa shape index (κ3) is 3.98. The van der Waals surface area contributed by atoms with Gasteiger partial charge in [-0.3, -0.25) is 10.1 Å². The Morgan fingerprint density at radius 3 is 2.27 bits per heavy atom. The zero-order valence-electron chi connectivity index (χ0n) is 14.8. The Morgan fingerprint density at radius 1 is 1.03 bits per heavy atom. The van der Waals surface area contributed by atoms with Crippen LogP contribution in [0.4, 0.5) is 18.9 Å². The molecule has 0 N–H and O–H groups in total. The van der Waals surface area contributed by atoms with Gasteiger partial charge in [0.2, 0.25) is 5.13 Å². The van der Waals surface area contributed by atoms with Gasteiger partial charge in [0.05, 0.1) is 16.3 Å². The van der Waals surface area contributed by atoms with Gasteiger partial charge in [-0.05, 0) is 30.3 Å². The molecule has 0 radical (unpaired) electrons. The molecule has 0 amide bonds. The number of alkyl halides is 3. The summed E-state index contributed by atoms with van der Waals surface area (Å²) >= 11 is 4.43. The van der Waals surface area contributed by atoms with Crippen molar-refractivity contribution in [3.05, 3.63) is 80.3 Å². The highest BCUT2D eigenvalue weighted by Gasteiger charge is 2.35. The van der Waals surface area contributed by atoms with E-state index in [4.69, 9.17) is 0 Å². The third-order valence-corrected chi connectivity index (χ3v) is 5.53. The molecule has 2 heterocycles. The van der Waals surface area contributed by atoms with Gasteiger partial charge in [0.15, 0.2) is 5.69 Å². The van der Waals surface area contributed by atoms with Gasteiger partial charge >= 0.3 is 6.18 Å². The van der Waals surface area contributed by atoms with Crippen molar-refractivity contribution in [2.45, 2.75) is 6.18 Å². The summed E-state index contributed by atoms with van der Waals surface area (Å²) in [4.78, 5) is 14.7. The van der Waals surface area contributed by atoms with Gasteiger partial charge < -0.3 is 0 Å². The minimum atomic E-state index is -4.60. The van der Waals surface area contributed by atoms with Gasteiger partial charge in [-0.2, -0.15) is 18.3 Å². The van der Waals surface area contributed by atoms with Crippen LogP contribution in [-0.4, -0.2) is 19.7 Å². The Labute approximate surface area is 179 Å². The number of benzene rings is 2. The Hall–Kier alpha value is -3.05. The molecule has 6 nitrogen and oxygen atoms in total. The van der Waals surface area contributed by atoms with E-state index in [0.29, 0.717) is 16.8 Å². The first kappa shape index (κ1) is 20.2. The van der Waals surface area contributed by atoms with E-state index in [-0.39, 0.29) is 16.5 Å². The molecule has 0 spiro atoms. The van der Waals surface area contributed by atoms with Crippen molar-refractivity contribution < 1.29 is 18.1 Å². The normalized spacial score (nSPS) is 11.6. The first-order valence-electron chi connectivity index (χ1n) is 8.36. The summed E-state index contributed by atoms with van der Waals surface area (Å²) < 4.78 is 41.8. The molecule has 30 heavy (non-hydrogen) atoms. The molecule has 0 saturated carbocycles. The predicted molar refractivity (Wildman–Crippen MR) is 109 cm³/mol. The monoisotopic (exact) mass is 494 g/mol. The maximum Gasteiger partial charge on any atom is 0.435 e. The van der Waals surface area contributed by atoms with E-state index in [9.17, 15) is 23.3 Å². The molecule has 0 saturated heterocycles. The minimum Gasteiger partial charge on any atom is -0.258 e. The van der Waals surface area contributed by atoms with Crippen molar-refractivity contribution in [3.8, 4) is 27.6 Å². The van der Waals surface area contributed by atoms with E-state index in [1.807, 2.05) is 0 Å². The first-order chi connectivity index (χ1) is 14.2. The maximum atomic E-state index is 13.3. The van der Waals surface area contributed by atoms with Gasteiger partial charge in [-0.25, -0.2) is 9.67 Å². The number of nitrogens with zero attached hydrogens (tertiary/aromatic N) is 4. The van der Waals surface area contributed by atoms with E-state index < -0.39 is 16.8 Å². The van der Waals surface area contributed by atoms with Gasteiger partial charge in [0.1, 0.15) is 0 Å². The molecule has 0 bridgehead atoms. The second-order valence-corrected chi connectivity index (χ2v) is 7.90. The Bertz CT molecular complexity index is 1220. The maximum absolute atomic E-state index is 13.3. The smallest absolute Gasteiger partial charge is 0.258 e. The number of aromatic nitrogens is 3. The van der Waals surface area contributed by atoms with E-state index in [0.717, 1.165) is 26.6 Å². The van der Waals surface area contributed by atoms with Crippen molar-refractivity contribution in [2.75, 3.05) is 0 Å². The van der Waals surface area contributed by atoms with Crippen molar-refractivity contribution in [1.82, 2.24) is 14.8 Å². The Balaban J connectivity index is 1.77. The molecule has 0 unspecified atom stereocenters. The molecule has 0 aliphatic heterocycles. The average molecular weight is 495 g/mol. The standard InChI is InChI=1S/C19H10BrF3N4O2S/c20-13-5-1-12(2-6-13)16-9-17(19(21,22)23)25-26(16)18-24-15(10-30-18)11-3-7-14(8-4-11)27(28)29/h1-10H. The Morgan fingerprint density at radius 2 is 1.67 bits per heavy atom. The van der Waals surface area contributed by atoms with Crippen molar-refractivity contribution in [3.63, 3.8) is 0 Å². The third-order valence-electron chi connectivity index (χ3n) is 4.19. The molecular weight excluding hydrogens is 485 g/mol. The average Bonchev–Trinajstić information content (AvgIpc) is 3.36. The summed E-state index contributed by atoms with van der Waals surface area (Å²) in [6, 6.07) is 13.6. The SMILES string of the molecule is O=[N+]([O-])c1ccc(-c2csc(-n3nc(C(F)(F)F)cc3-c3ccc(Br)cc3)n2)cc1. The molecule has 11 heteroatoms. The fraction of sp³-hybridized carbons (Fsp3) is 0.0526. The molecule has 4 aromatic rings. The zero-order valence-corrected chi connectivity index (χ0v) is 17.2. The molecule has 4 rings (SSSR count). The molecular formula is C19H10BrF3N4O2S. The molecule has 0 aliphatic carbocycles.